The van der Waals surface area contributed by atoms with Crippen molar-refractivity contribution in [2.45, 2.75) is 38.1 Å². The van der Waals surface area contributed by atoms with Gasteiger partial charge in [0.15, 0.2) is 0 Å². The Labute approximate surface area is 84.1 Å². The summed E-state index contributed by atoms with van der Waals surface area (Å²) in [5.41, 5.74) is -0.0798. The number of carbonyl (C=O) groups is 1. The standard InChI is InChI=1S/C11H17NO2/c1-8-5-10(8)6-11(9(13)14)3-2-4-12(11)7-10/h8H,2-7H2,1H3,(H,13,14). The number of nitrogens with zero attached hydrogens (tertiary/aromatic N) is 1. The average Bonchev–Trinajstić information content (AvgIpc) is 2.45. The second-order valence-corrected chi connectivity index (χ2v) is 5.51. The molecule has 0 aromatic carbocycles. The summed E-state index contributed by atoms with van der Waals surface area (Å²) in [5.74, 6) is 0.176. The summed E-state index contributed by atoms with van der Waals surface area (Å²) in [6.07, 6.45) is 4.10. The molecule has 14 heavy (non-hydrogen) atoms. The van der Waals surface area contributed by atoms with Crippen molar-refractivity contribution in [2.24, 2.45) is 11.3 Å². The zero-order valence-corrected chi connectivity index (χ0v) is 8.62. The van der Waals surface area contributed by atoms with Crippen LogP contribution in [-0.4, -0.2) is 34.6 Å². The largest absolute Gasteiger partial charge is 0.480 e. The number of fused-ring (bicyclic) bond motifs is 1. The van der Waals surface area contributed by atoms with Gasteiger partial charge < -0.3 is 5.11 Å². The molecule has 3 unspecified atom stereocenters. The first kappa shape index (κ1) is 8.72. The normalized spacial score (nSPS) is 51.1. The van der Waals surface area contributed by atoms with Gasteiger partial charge >= 0.3 is 5.97 Å². The van der Waals surface area contributed by atoms with Crippen molar-refractivity contribution in [2.75, 3.05) is 13.1 Å². The highest BCUT2D eigenvalue weighted by Gasteiger charge is 2.66. The van der Waals surface area contributed by atoms with Crippen molar-refractivity contribution < 1.29 is 9.90 Å². The van der Waals surface area contributed by atoms with Crippen molar-refractivity contribution in [3.05, 3.63) is 0 Å². The van der Waals surface area contributed by atoms with Gasteiger partial charge in [-0.05, 0) is 43.6 Å². The van der Waals surface area contributed by atoms with Gasteiger partial charge in [-0.1, -0.05) is 6.92 Å². The summed E-state index contributed by atoms with van der Waals surface area (Å²) in [6, 6.07) is 0. The van der Waals surface area contributed by atoms with Crippen LogP contribution < -0.4 is 0 Å². The lowest BCUT2D eigenvalue weighted by atomic mass is 9.87. The van der Waals surface area contributed by atoms with E-state index in [4.69, 9.17) is 0 Å². The molecule has 0 bridgehead atoms. The fraction of sp³-hybridized carbons (Fsp3) is 0.909. The average molecular weight is 195 g/mol. The van der Waals surface area contributed by atoms with Gasteiger partial charge in [0.1, 0.15) is 5.54 Å². The Bertz CT molecular complexity index is 304. The number of carboxylic acid groups (broad SMARTS) is 1. The Morgan fingerprint density at radius 2 is 2.29 bits per heavy atom. The molecule has 3 aliphatic rings. The SMILES string of the molecule is CC1CC12CN1CCCC1(C(=O)O)C2. The monoisotopic (exact) mass is 195 g/mol. The van der Waals surface area contributed by atoms with E-state index in [-0.39, 0.29) is 0 Å². The topological polar surface area (TPSA) is 40.5 Å². The molecule has 2 saturated heterocycles. The van der Waals surface area contributed by atoms with Gasteiger partial charge in [-0.25, -0.2) is 0 Å². The van der Waals surface area contributed by atoms with E-state index in [2.05, 4.69) is 11.8 Å². The third-order valence-corrected chi connectivity index (χ3v) is 4.77. The first-order valence-electron chi connectivity index (χ1n) is 5.58. The Morgan fingerprint density at radius 1 is 1.57 bits per heavy atom. The first-order valence-corrected chi connectivity index (χ1v) is 5.58. The van der Waals surface area contributed by atoms with Crippen LogP contribution in [0.3, 0.4) is 0 Å². The van der Waals surface area contributed by atoms with Gasteiger partial charge in [0.2, 0.25) is 0 Å². The van der Waals surface area contributed by atoms with Crippen LogP contribution in [-0.2, 0) is 4.79 Å². The van der Waals surface area contributed by atoms with Crippen molar-refractivity contribution in [1.29, 1.82) is 0 Å². The quantitative estimate of drug-likeness (QED) is 0.686. The molecule has 2 aliphatic heterocycles. The molecular weight excluding hydrogens is 178 g/mol. The Balaban J connectivity index is 1.92. The zero-order valence-electron chi connectivity index (χ0n) is 8.62. The van der Waals surface area contributed by atoms with Crippen LogP contribution >= 0.6 is 0 Å². The molecule has 1 N–H and O–H groups in total. The van der Waals surface area contributed by atoms with E-state index in [0.717, 1.165) is 38.3 Å². The lowest BCUT2D eigenvalue weighted by Gasteiger charge is -2.26. The van der Waals surface area contributed by atoms with E-state index < -0.39 is 11.5 Å². The van der Waals surface area contributed by atoms with Crippen LogP contribution in [0.2, 0.25) is 0 Å². The molecule has 3 fully saturated rings. The van der Waals surface area contributed by atoms with E-state index in [9.17, 15) is 9.90 Å². The molecule has 1 spiro atoms. The smallest absolute Gasteiger partial charge is 0.324 e. The molecule has 3 heteroatoms. The highest BCUT2D eigenvalue weighted by atomic mass is 16.4. The number of hydrogen-bond acceptors (Lipinski definition) is 2. The molecular formula is C11H17NO2. The van der Waals surface area contributed by atoms with Crippen molar-refractivity contribution in [3.8, 4) is 0 Å². The third kappa shape index (κ3) is 0.842. The number of rotatable bonds is 1. The predicted octanol–water partition coefficient (Wildman–Crippen LogP) is 1.34. The summed E-state index contributed by atoms with van der Waals surface area (Å²) in [4.78, 5) is 13.6. The minimum Gasteiger partial charge on any atom is -0.480 e. The molecule has 3 nitrogen and oxygen atoms in total. The molecule has 0 aromatic rings. The second-order valence-electron chi connectivity index (χ2n) is 5.51. The molecule has 0 aromatic heterocycles. The van der Waals surface area contributed by atoms with Gasteiger partial charge in [0.25, 0.3) is 0 Å². The maximum atomic E-state index is 11.4. The molecule has 1 aliphatic carbocycles. The van der Waals surface area contributed by atoms with E-state index in [0.29, 0.717) is 5.41 Å². The molecule has 1 saturated carbocycles. The fourth-order valence-corrected chi connectivity index (χ4v) is 3.72. The van der Waals surface area contributed by atoms with Crippen LogP contribution in [0.1, 0.15) is 32.6 Å². The summed E-state index contributed by atoms with van der Waals surface area (Å²) >= 11 is 0. The first-order chi connectivity index (χ1) is 6.59. The molecule has 78 valence electrons. The zero-order chi connectivity index (χ0) is 9.97. The molecule has 0 radical (unpaired) electrons. The summed E-state index contributed by atoms with van der Waals surface area (Å²) in [7, 11) is 0. The third-order valence-electron chi connectivity index (χ3n) is 4.77. The van der Waals surface area contributed by atoms with Crippen LogP contribution in [0.4, 0.5) is 0 Å². The highest BCUT2D eigenvalue weighted by Crippen LogP contribution is 2.64. The van der Waals surface area contributed by atoms with E-state index in [1.165, 1.54) is 6.42 Å². The molecule has 3 rings (SSSR count). The minimum absolute atomic E-state index is 0.388. The molecule has 2 heterocycles. The maximum absolute atomic E-state index is 11.4. The second kappa shape index (κ2) is 2.32. The maximum Gasteiger partial charge on any atom is 0.324 e. The molecule has 0 amide bonds. The van der Waals surface area contributed by atoms with Gasteiger partial charge in [0, 0.05) is 6.54 Å². The van der Waals surface area contributed by atoms with Crippen LogP contribution in [0.5, 0.6) is 0 Å². The Morgan fingerprint density at radius 3 is 2.79 bits per heavy atom. The van der Waals surface area contributed by atoms with Crippen LogP contribution in [0.25, 0.3) is 0 Å². The highest BCUT2D eigenvalue weighted by molar-refractivity contribution is 5.80. The Kier molecular flexibility index (Phi) is 1.45. The lowest BCUT2D eigenvalue weighted by Crippen LogP contribution is -2.45. The minimum atomic E-state index is -0.578. The summed E-state index contributed by atoms with van der Waals surface area (Å²) in [6.45, 7) is 4.30. The van der Waals surface area contributed by atoms with E-state index >= 15 is 0 Å². The van der Waals surface area contributed by atoms with Gasteiger partial charge in [-0.15, -0.1) is 0 Å². The van der Waals surface area contributed by atoms with Crippen LogP contribution in [0.15, 0.2) is 0 Å². The number of hydrogen-bond donors (Lipinski definition) is 1. The summed E-state index contributed by atoms with van der Waals surface area (Å²) in [5, 5.41) is 9.38. The van der Waals surface area contributed by atoms with Crippen LogP contribution in [0, 0.1) is 11.3 Å². The number of aliphatic carboxylic acids is 1. The molecule has 3 atom stereocenters. The van der Waals surface area contributed by atoms with E-state index in [1.54, 1.807) is 0 Å². The van der Waals surface area contributed by atoms with Gasteiger partial charge in [-0.2, -0.15) is 0 Å². The van der Waals surface area contributed by atoms with Gasteiger partial charge in [0.05, 0.1) is 0 Å². The van der Waals surface area contributed by atoms with Crippen molar-refractivity contribution in [3.63, 3.8) is 0 Å². The number of carboxylic acids is 1. The van der Waals surface area contributed by atoms with Crippen molar-refractivity contribution in [1.82, 2.24) is 4.90 Å². The predicted molar refractivity (Wildman–Crippen MR) is 52.0 cm³/mol. The fourth-order valence-electron chi connectivity index (χ4n) is 3.72. The van der Waals surface area contributed by atoms with Gasteiger partial charge in [-0.3, -0.25) is 9.69 Å². The van der Waals surface area contributed by atoms with E-state index in [1.807, 2.05) is 0 Å². The van der Waals surface area contributed by atoms with Crippen molar-refractivity contribution >= 4 is 5.97 Å². The summed E-state index contributed by atoms with van der Waals surface area (Å²) < 4.78 is 0. The lowest BCUT2D eigenvalue weighted by molar-refractivity contribution is -0.148. The Hall–Kier alpha value is -0.570.